The quantitative estimate of drug-likeness (QED) is 0.376. The van der Waals surface area contributed by atoms with Gasteiger partial charge in [-0.3, -0.25) is 0 Å². The molecule has 2 rings (SSSR count). The molecule has 136 valence electrons. The van der Waals surface area contributed by atoms with E-state index in [-0.39, 0.29) is 36.7 Å². The van der Waals surface area contributed by atoms with Gasteiger partial charge in [0.15, 0.2) is 0 Å². The van der Waals surface area contributed by atoms with E-state index in [2.05, 4.69) is 13.8 Å². The van der Waals surface area contributed by atoms with E-state index >= 15 is 0 Å². The zero-order valence-corrected chi connectivity index (χ0v) is 16.3. The van der Waals surface area contributed by atoms with Crippen molar-refractivity contribution < 1.29 is 38.2 Å². The van der Waals surface area contributed by atoms with Gasteiger partial charge in [0, 0.05) is 6.08 Å². The van der Waals surface area contributed by atoms with Gasteiger partial charge in [0.2, 0.25) is 0 Å². The first-order chi connectivity index (χ1) is 12.1. The van der Waals surface area contributed by atoms with Crippen molar-refractivity contribution >= 4 is 5.97 Å². The van der Waals surface area contributed by atoms with Gasteiger partial charge in [0.05, 0.1) is 18.2 Å². The topological polar surface area (TPSA) is 58.6 Å². The number of carbonyl (C=O) groups is 1. The van der Waals surface area contributed by atoms with Crippen LogP contribution in [0.3, 0.4) is 0 Å². The summed E-state index contributed by atoms with van der Waals surface area (Å²) in [5.74, 6) is -0.507. The van der Waals surface area contributed by atoms with Crippen LogP contribution in [0.25, 0.3) is 0 Å². The molecule has 0 amide bonds. The molecule has 1 heterocycles. The molecule has 0 radical (unpaired) electrons. The minimum Gasteiger partial charge on any atom is -0.597 e. The van der Waals surface area contributed by atoms with Gasteiger partial charge >= 0.3 is 24.8 Å². The molecule has 0 aliphatic carbocycles. The summed E-state index contributed by atoms with van der Waals surface area (Å²) < 4.78 is 10.7. The molecule has 1 aliphatic rings. The van der Waals surface area contributed by atoms with E-state index in [1.807, 2.05) is 30.3 Å². The van der Waals surface area contributed by atoms with Gasteiger partial charge in [-0.25, -0.2) is 4.79 Å². The van der Waals surface area contributed by atoms with Crippen molar-refractivity contribution in [2.45, 2.75) is 52.1 Å². The summed E-state index contributed by atoms with van der Waals surface area (Å²) in [6.45, 7) is 6.31. The zero-order chi connectivity index (χ0) is 18.3. The van der Waals surface area contributed by atoms with Crippen molar-refractivity contribution in [3.8, 4) is 0 Å². The fraction of sp³-hybridized carbons (Fsp3) is 0.476. The molecule has 26 heavy (non-hydrogen) atoms. The largest absolute Gasteiger partial charge is 1.00 e. The number of benzene rings is 1. The van der Waals surface area contributed by atoms with Gasteiger partial charge in [-0.15, -0.1) is 0 Å². The Bertz CT molecular complexity index is 639. The number of carbonyl (C=O) groups excluding carboxylic acids is 1. The van der Waals surface area contributed by atoms with Crippen LogP contribution in [0.15, 0.2) is 54.0 Å². The average molecular weight is 350 g/mol. The zero-order valence-electron chi connectivity index (χ0n) is 16.3. The number of rotatable bonds is 9. The molecule has 0 fully saturated rings. The summed E-state index contributed by atoms with van der Waals surface area (Å²) in [5, 5.41) is 12.1. The molecule has 2 unspecified atom stereocenters. The summed E-state index contributed by atoms with van der Waals surface area (Å²) in [4.78, 5) is 11.5. The Labute approximate surface area is 168 Å². The van der Waals surface area contributed by atoms with Crippen molar-refractivity contribution in [1.29, 1.82) is 0 Å². The molecule has 0 saturated carbocycles. The number of allylic oxidation sites excluding steroid dienone is 1. The molecule has 0 bridgehead atoms. The first-order valence-corrected chi connectivity index (χ1v) is 9.04. The number of hydrogen-bond donors (Lipinski definition) is 0. The Morgan fingerprint density at radius 1 is 1.31 bits per heavy atom. The first-order valence-electron chi connectivity index (χ1n) is 9.04. The van der Waals surface area contributed by atoms with Crippen molar-refractivity contribution in [2.75, 3.05) is 6.61 Å². The standard InChI is InChI=1S/C21H28O4.Li/c1-4-6-14-18-20(23)25-21(18,17-12-8-7-9-13-17)16(3)11-10-15-19(22)24-5-2;/h7-10,12-13,15-16,23H,4-6,11,14H2,1-3H3;/q;+1/p-1/b15-10+;. The second kappa shape index (κ2) is 10.5. The van der Waals surface area contributed by atoms with Crippen LogP contribution in [-0.4, -0.2) is 12.6 Å². The van der Waals surface area contributed by atoms with Gasteiger partial charge in [0.1, 0.15) is 0 Å². The van der Waals surface area contributed by atoms with E-state index in [1.165, 1.54) is 6.08 Å². The monoisotopic (exact) mass is 350 g/mol. The Morgan fingerprint density at radius 2 is 2.00 bits per heavy atom. The van der Waals surface area contributed by atoms with Crippen molar-refractivity contribution in [3.63, 3.8) is 0 Å². The van der Waals surface area contributed by atoms with E-state index in [9.17, 15) is 9.90 Å². The van der Waals surface area contributed by atoms with Crippen LogP contribution >= 0.6 is 0 Å². The Balaban J connectivity index is 0.00000338. The van der Waals surface area contributed by atoms with Gasteiger partial charge in [-0.05, 0) is 43.2 Å². The number of esters is 1. The Morgan fingerprint density at radius 3 is 2.58 bits per heavy atom. The Kier molecular flexibility index (Phi) is 9.05. The van der Waals surface area contributed by atoms with Gasteiger partial charge in [-0.2, -0.15) is 0 Å². The summed E-state index contributed by atoms with van der Waals surface area (Å²) in [5.41, 5.74) is 1.15. The molecule has 0 aromatic heterocycles. The minimum absolute atomic E-state index is 0. The van der Waals surface area contributed by atoms with Crippen LogP contribution in [0.2, 0.25) is 0 Å². The number of unbranched alkanes of at least 4 members (excludes halogenated alkanes) is 1. The molecule has 1 aromatic carbocycles. The summed E-state index contributed by atoms with van der Waals surface area (Å²) >= 11 is 0. The molecule has 0 N–H and O–H groups in total. The Hall–Kier alpha value is -1.63. The second-order valence-corrected chi connectivity index (χ2v) is 6.36. The van der Waals surface area contributed by atoms with Crippen LogP contribution < -0.4 is 24.0 Å². The van der Waals surface area contributed by atoms with Crippen molar-refractivity contribution in [1.82, 2.24) is 0 Å². The van der Waals surface area contributed by atoms with Crippen LogP contribution in [-0.2, 0) is 19.9 Å². The van der Waals surface area contributed by atoms with Gasteiger partial charge in [-0.1, -0.05) is 56.7 Å². The maximum atomic E-state index is 12.1. The van der Waals surface area contributed by atoms with Crippen LogP contribution in [0, 0.1) is 5.92 Å². The molecule has 1 aromatic rings. The van der Waals surface area contributed by atoms with E-state index in [1.54, 1.807) is 13.0 Å². The van der Waals surface area contributed by atoms with E-state index < -0.39 is 5.60 Å². The minimum atomic E-state index is -0.688. The third-order valence-electron chi connectivity index (χ3n) is 4.66. The van der Waals surface area contributed by atoms with Gasteiger partial charge < -0.3 is 14.6 Å². The smallest absolute Gasteiger partial charge is 0.597 e. The second-order valence-electron chi connectivity index (χ2n) is 6.36. The van der Waals surface area contributed by atoms with Crippen molar-refractivity contribution in [3.05, 3.63) is 59.6 Å². The summed E-state index contributed by atoms with van der Waals surface area (Å²) in [7, 11) is 0. The SMILES string of the molecule is CCCCC1=C([O-])OC1(c1ccccc1)C(C)C/C=C/C(=O)OCC.[Li+]. The normalized spacial score (nSPS) is 20.1. The molecule has 0 spiro atoms. The van der Waals surface area contributed by atoms with Crippen LogP contribution in [0.1, 0.15) is 52.0 Å². The maximum Gasteiger partial charge on any atom is 1.00 e. The fourth-order valence-corrected chi connectivity index (χ4v) is 3.34. The first kappa shape index (κ1) is 22.4. The number of ether oxygens (including phenoxy) is 2. The average Bonchev–Trinajstić information content (AvgIpc) is 2.60. The van der Waals surface area contributed by atoms with Crippen LogP contribution in [0.5, 0.6) is 0 Å². The van der Waals surface area contributed by atoms with E-state index in [0.29, 0.717) is 13.0 Å². The van der Waals surface area contributed by atoms with Crippen molar-refractivity contribution in [2.24, 2.45) is 5.92 Å². The molecular formula is C21H27LiO4. The maximum absolute atomic E-state index is 12.1. The third kappa shape index (κ3) is 4.75. The molecule has 1 aliphatic heterocycles. The predicted molar refractivity (Wildman–Crippen MR) is 95.3 cm³/mol. The van der Waals surface area contributed by atoms with Crippen LogP contribution in [0.4, 0.5) is 0 Å². The van der Waals surface area contributed by atoms with E-state index in [0.717, 1.165) is 30.4 Å². The fourth-order valence-electron chi connectivity index (χ4n) is 3.34. The summed E-state index contributed by atoms with van der Waals surface area (Å²) in [6, 6.07) is 9.88. The third-order valence-corrected chi connectivity index (χ3v) is 4.66. The van der Waals surface area contributed by atoms with Gasteiger partial charge in [0.25, 0.3) is 0 Å². The molecular weight excluding hydrogens is 323 g/mol. The molecule has 5 heteroatoms. The molecule has 4 nitrogen and oxygen atoms in total. The molecule has 0 saturated heterocycles. The predicted octanol–water partition coefficient (Wildman–Crippen LogP) is 0.824. The summed E-state index contributed by atoms with van der Waals surface area (Å²) in [6.07, 6.45) is 6.61. The molecule has 2 atom stereocenters. The van der Waals surface area contributed by atoms with E-state index in [4.69, 9.17) is 9.47 Å². The number of hydrogen-bond acceptors (Lipinski definition) is 4.